The number of amides is 1. The zero-order valence-electron chi connectivity index (χ0n) is 19.2. The van der Waals surface area contributed by atoms with E-state index < -0.39 is 11.9 Å². The molecule has 9 heteroatoms. The van der Waals surface area contributed by atoms with Gasteiger partial charge in [0, 0.05) is 37.0 Å². The number of hydrogen-bond donors (Lipinski definition) is 3. The van der Waals surface area contributed by atoms with Crippen molar-refractivity contribution >= 4 is 24.1 Å². The maximum atomic E-state index is 12.3. The van der Waals surface area contributed by atoms with Gasteiger partial charge in [-0.2, -0.15) is 0 Å². The van der Waals surface area contributed by atoms with E-state index in [1.54, 1.807) is 13.8 Å². The van der Waals surface area contributed by atoms with Crippen LogP contribution in [0, 0.1) is 0 Å². The fourth-order valence-electron chi connectivity index (χ4n) is 3.08. The summed E-state index contributed by atoms with van der Waals surface area (Å²) in [5, 5.41) is 15.5. The third-order valence-electron chi connectivity index (χ3n) is 5.13. The monoisotopic (exact) mass is 440 g/mol. The number of carbonyl (C=O) groups is 4. The summed E-state index contributed by atoms with van der Waals surface area (Å²) in [6.07, 6.45) is 2.11. The largest absolute Gasteiger partial charge is 0.481 e. The highest BCUT2D eigenvalue weighted by atomic mass is 16.5. The lowest BCUT2D eigenvalue weighted by atomic mass is 10.0. The minimum Gasteiger partial charge on any atom is -0.481 e. The summed E-state index contributed by atoms with van der Waals surface area (Å²) >= 11 is 0. The lowest BCUT2D eigenvalue weighted by Gasteiger charge is -2.44. The Morgan fingerprint density at radius 1 is 1.10 bits per heavy atom. The molecule has 0 aliphatic heterocycles. The van der Waals surface area contributed by atoms with Crippen molar-refractivity contribution in [3.05, 3.63) is 24.3 Å². The number of rotatable bonds is 17. The third kappa shape index (κ3) is 11.4. The van der Waals surface area contributed by atoms with Crippen molar-refractivity contribution < 1.29 is 33.5 Å². The molecule has 31 heavy (non-hydrogen) atoms. The van der Waals surface area contributed by atoms with Crippen molar-refractivity contribution in [2.75, 3.05) is 33.8 Å². The summed E-state index contributed by atoms with van der Waals surface area (Å²) in [5.74, 6) is -1.66. The zero-order valence-corrected chi connectivity index (χ0v) is 19.2. The number of hydrogen-bond acceptors (Lipinski definition) is 6. The van der Waals surface area contributed by atoms with Gasteiger partial charge in [-0.25, -0.2) is 4.79 Å². The van der Waals surface area contributed by atoms with Crippen LogP contribution in [0.25, 0.3) is 0 Å². The average Bonchev–Trinajstić information content (AvgIpc) is 2.68. The highest BCUT2D eigenvalue weighted by Crippen LogP contribution is 2.21. The normalized spacial score (nSPS) is 13.0. The standard InChI is InChI=1S/C22H37N3O6/c1-16(2)21(29)24-19(10-12-23-11-8-14-31-22(30)17(3)4)25(5,6)18(9-7-13-26)15-20(27)28/h13,18-19,23H,1,3,7-12,14-15H2,2,4-6H3,(H-,24,27,28,29)/p+1. The molecule has 176 valence electrons. The molecule has 2 atom stereocenters. The van der Waals surface area contributed by atoms with Crippen molar-refractivity contribution in [2.45, 2.75) is 58.2 Å². The maximum Gasteiger partial charge on any atom is 0.333 e. The van der Waals surface area contributed by atoms with E-state index in [1.165, 1.54) is 0 Å². The first-order valence-electron chi connectivity index (χ1n) is 10.4. The van der Waals surface area contributed by atoms with Gasteiger partial charge in [0.25, 0.3) is 5.91 Å². The van der Waals surface area contributed by atoms with E-state index in [-0.39, 0.29) is 42.0 Å². The Morgan fingerprint density at radius 3 is 2.26 bits per heavy atom. The number of carboxylic acids is 1. The predicted octanol–water partition coefficient (Wildman–Crippen LogP) is 1.39. The minimum atomic E-state index is -0.950. The van der Waals surface area contributed by atoms with E-state index in [4.69, 9.17) is 4.74 Å². The summed E-state index contributed by atoms with van der Waals surface area (Å²) in [7, 11) is 3.72. The van der Waals surface area contributed by atoms with E-state index in [2.05, 4.69) is 23.8 Å². The molecule has 0 aliphatic rings. The topological polar surface area (TPSA) is 122 Å². The lowest BCUT2D eigenvalue weighted by molar-refractivity contribution is -0.940. The second kappa shape index (κ2) is 14.5. The molecule has 3 N–H and O–H groups in total. The number of aliphatic carboxylic acids is 1. The van der Waals surface area contributed by atoms with Gasteiger partial charge in [-0.1, -0.05) is 13.2 Å². The van der Waals surface area contributed by atoms with Gasteiger partial charge in [-0.3, -0.25) is 9.59 Å². The number of quaternary nitrogens is 1. The van der Waals surface area contributed by atoms with Crippen LogP contribution in [0.3, 0.4) is 0 Å². The number of nitrogens with zero attached hydrogens (tertiary/aromatic N) is 1. The first-order chi connectivity index (χ1) is 14.4. The highest BCUT2D eigenvalue weighted by Gasteiger charge is 2.38. The number of esters is 1. The number of ether oxygens (including phenoxy) is 1. The smallest absolute Gasteiger partial charge is 0.333 e. The molecule has 0 fully saturated rings. The molecule has 0 aromatic rings. The van der Waals surface area contributed by atoms with Gasteiger partial charge in [-0.05, 0) is 26.8 Å². The Morgan fingerprint density at radius 2 is 1.74 bits per heavy atom. The SMILES string of the molecule is C=C(C)C(=O)NC(CCNCCCOC(=O)C(=C)C)[N+](C)(C)C(CCC=O)CC(=O)O. The van der Waals surface area contributed by atoms with E-state index in [0.29, 0.717) is 43.5 Å². The number of aldehydes is 1. The molecule has 0 saturated heterocycles. The molecule has 0 radical (unpaired) electrons. The fourth-order valence-corrected chi connectivity index (χ4v) is 3.08. The average molecular weight is 441 g/mol. The summed E-state index contributed by atoms with van der Waals surface area (Å²) in [6, 6.07) is -0.348. The van der Waals surface area contributed by atoms with Gasteiger partial charge >= 0.3 is 11.9 Å². The Hall–Kier alpha value is -2.52. The van der Waals surface area contributed by atoms with Gasteiger partial charge in [0.2, 0.25) is 0 Å². The quantitative estimate of drug-likeness (QED) is 0.0780. The van der Waals surface area contributed by atoms with Gasteiger partial charge < -0.3 is 29.8 Å². The summed E-state index contributed by atoms with van der Waals surface area (Å²) in [5.41, 5.74) is 0.717. The molecule has 0 aromatic heterocycles. The molecule has 0 saturated carbocycles. The Bertz CT molecular complexity index is 660. The van der Waals surface area contributed by atoms with E-state index >= 15 is 0 Å². The maximum absolute atomic E-state index is 12.3. The van der Waals surface area contributed by atoms with Crippen molar-refractivity contribution in [3.8, 4) is 0 Å². The second-order valence-corrected chi connectivity index (χ2v) is 8.20. The number of carboxylic acid groups (broad SMARTS) is 1. The van der Waals surface area contributed by atoms with E-state index in [9.17, 15) is 24.3 Å². The zero-order chi connectivity index (χ0) is 24.0. The molecule has 9 nitrogen and oxygen atoms in total. The molecular formula is C22H38N3O6+. The first kappa shape index (κ1) is 28.5. The lowest BCUT2D eigenvalue weighted by Crippen LogP contribution is -2.63. The van der Waals surface area contributed by atoms with Crippen LogP contribution in [0.15, 0.2) is 24.3 Å². The molecule has 0 aromatic carbocycles. The predicted molar refractivity (Wildman–Crippen MR) is 118 cm³/mol. The van der Waals surface area contributed by atoms with Crippen LogP contribution in [-0.4, -0.2) is 79.7 Å². The van der Waals surface area contributed by atoms with Crippen molar-refractivity contribution in [1.82, 2.24) is 10.6 Å². The van der Waals surface area contributed by atoms with Crippen LogP contribution in [0.1, 0.15) is 46.0 Å². The number of nitrogens with one attached hydrogen (secondary N) is 2. The summed E-state index contributed by atoms with van der Waals surface area (Å²) in [6.45, 7) is 11.8. The molecule has 0 heterocycles. The second-order valence-electron chi connectivity index (χ2n) is 8.20. The Labute approximate surface area is 185 Å². The Kier molecular flexibility index (Phi) is 13.3. The third-order valence-corrected chi connectivity index (χ3v) is 5.13. The van der Waals surface area contributed by atoms with Crippen LogP contribution in [-0.2, 0) is 23.9 Å². The van der Waals surface area contributed by atoms with Crippen LogP contribution >= 0.6 is 0 Å². The Balaban J connectivity index is 4.99. The molecule has 1 amide bonds. The summed E-state index contributed by atoms with van der Waals surface area (Å²) in [4.78, 5) is 45.9. The van der Waals surface area contributed by atoms with Crippen LogP contribution in [0.2, 0.25) is 0 Å². The van der Waals surface area contributed by atoms with Gasteiger partial charge in [-0.15, -0.1) is 0 Å². The first-order valence-corrected chi connectivity index (χ1v) is 10.4. The van der Waals surface area contributed by atoms with E-state index in [0.717, 1.165) is 6.29 Å². The molecule has 0 bridgehead atoms. The van der Waals surface area contributed by atoms with Gasteiger partial charge in [0.1, 0.15) is 12.3 Å². The van der Waals surface area contributed by atoms with Crippen LogP contribution in [0.4, 0.5) is 0 Å². The van der Waals surface area contributed by atoms with Crippen LogP contribution in [0.5, 0.6) is 0 Å². The highest BCUT2D eigenvalue weighted by molar-refractivity contribution is 5.92. The van der Waals surface area contributed by atoms with Crippen molar-refractivity contribution in [3.63, 3.8) is 0 Å². The molecule has 0 rings (SSSR count). The minimum absolute atomic E-state index is 0.109. The number of carbonyl (C=O) groups excluding carboxylic acids is 3. The molecular weight excluding hydrogens is 402 g/mol. The van der Waals surface area contributed by atoms with E-state index in [1.807, 2.05) is 14.1 Å². The van der Waals surface area contributed by atoms with Gasteiger partial charge in [0.15, 0.2) is 6.17 Å². The fraction of sp³-hybridized carbons (Fsp3) is 0.636. The molecule has 0 spiro atoms. The van der Waals surface area contributed by atoms with Gasteiger partial charge in [0.05, 0.1) is 27.1 Å². The van der Waals surface area contributed by atoms with Crippen molar-refractivity contribution in [2.24, 2.45) is 0 Å². The summed E-state index contributed by atoms with van der Waals surface area (Å²) < 4.78 is 5.26. The van der Waals surface area contributed by atoms with Crippen molar-refractivity contribution in [1.29, 1.82) is 0 Å². The van der Waals surface area contributed by atoms with Crippen LogP contribution < -0.4 is 10.6 Å². The molecule has 2 unspecified atom stereocenters. The molecule has 0 aliphatic carbocycles.